The molecule has 5 rings (SSSR count). The van der Waals surface area contributed by atoms with Gasteiger partial charge >= 0.3 is 0 Å². The highest BCUT2D eigenvalue weighted by atomic mass is 16.1. The molecular formula is C24H24N6O. The zero-order valence-corrected chi connectivity index (χ0v) is 17.5. The third-order valence-corrected chi connectivity index (χ3v) is 5.80. The zero-order chi connectivity index (χ0) is 21.2. The summed E-state index contributed by atoms with van der Waals surface area (Å²) >= 11 is 0. The predicted octanol–water partition coefficient (Wildman–Crippen LogP) is 3.84. The molecule has 0 aliphatic carbocycles. The molecule has 0 N–H and O–H groups in total. The Morgan fingerprint density at radius 1 is 1.03 bits per heavy atom. The molecule has 1 aliphatic rings. The van der Waals surface area contributed by atoms with E-state index >= 15 is 0 Å². The summed E-state index contributed by atoms with van der Waals surface area (Å²) < 4.78 is 1.93. The van der Waals surface area contributed by atoms with Gasteiger partial charge < -0.3 is 9.47 Å². The van der Waals surface area contributed by atoms with Crippen molar-refractivity contribution in [3.63, 3.8) is 0 Å². The van der Waals surface area contributed by atoms with Crippen LogP contribution in [0, 0.1) is 0 Å². The smallest absolute Gasteiger partial charge is 0.169 e. The fourth-order valence-electron chi connectivity index (χ4n) is 4.06. The summed E-state index contributed by atoms with van der Waals surface area (Å²) in [6.45, 7) is 2.00. The van der Waals surface area contributed by atoms with Crippen molar-refractivity contribution < 1.29 is 4.79 Å². The minimum Gasteiger partial charge on any atom is -0.357 e. The minimum absolute atomic E-state index is 0.0373. The number of pyridine rings is 3. The van der Waals surface area contributed by atoms with Crippen molar-refractivity contribution in [2.75, 3.05) is 18.0 Å². The maximum atomic E-state index is 13.0. The van der Waals surface area contributed by atoms with Gasteiger partial charge in [0, 0.05) is 43.5 Å². The number of aromatic nitrogens is 5. The Balaban J connectivity index is 1.38. The number of hydrogen-bond acceptors (Lipinski definition) is 6. The van der Waals surface area contributed by atoms with E-state index in [0.29, 0.717) is 11.3 Å². The van der Waals surface area contributed by atoms with Gasteiger partial charge in [0.1, 0.15) is 5.82 Å². The van der Waals surface area contributed by atoms with Gasteiger partial charge in [-0.2, -0.15) is 0 Å². The number of piperidine rings is 1. The Labute approximate surface area is 180 Å². The normalized spacial score (nSPS) is 14.2. The molecule has 0 spiro atoms. The van der Waals surface area contributed by atoms with Crippen molar-refractivity contribution in [3.8, 4) is 11.4 Å². The highest BCUT2D eigenvalue weighted by Crippen LogP contribution is 2.22. The number of hydrogen-bond donors (Lipinski definition) is 0. The van der Waals surface area contributed by atoms with Crippen LogP contribution in [0.2, 0.25) is 0 Å². The quantitative estimate of drug-likeness (QED) is 0.464. The molecule has 4 aromatic rings. The summed E-state index contributed by atoms with van der Waals surface area (Å²) in [6, 6.07) is 9.56. The Morgan fingerprint density at radius 2 is 1.90 bits per heavy atom. The molecule has 31 heavy (non-hydrogen) atoms. The van der Waals surface area contributed by atoms with Gasteiger partial charge in [-0.3, -0.25) is 9.78 Å². The SMILES string of the molecule is Cn1cncc1-c1ccc2cnc(CC(=O)c3ccnc(N4CCCCC4)c3)cc2n1. The second-order valence-corrected chi connectivity index (χ2v) is 8.00. The first-order valence-corrected chi connectivity index (χ1v) is 10.6. The van der Waals surface area contributed by atoms with Crippen LogP contribution in [0.1, 0.15) is 35.3 Å². The highest BCUT2D eigenvalue weighted by Gasteiger charge is 2.15. The zero-order valence-electron chi connectivity index (χ0n) is 17.5. The first-order valence-electron chi connectivity index (χ1n) is 10.6. The third kappa shape index (κ3) is 4.03. The summed E-state index contributed by atoms with van der Waals surface area (Å²) in [4.78, 5) is 33.1. The molecule has 5 heterocycles. The van der Waals surface area contributed by atoms with E-state index in [2.05, 4.69) is 19.9 Å². The van der Waals surface area contributed by atoms with Crippen LogP contribution in [-0.2, 0) is 13.5 Å². The highest BCUT2D eigenvalue weighted by molar-refractivity contribution is 5.98. The van der Waals surface area contributed by atoms with E-state index in [1.54, 1.807) is 31.0 Å². The number of carbonyl (C=O) groups excluding carboxylic acids is 1. The number of carbonyl (C=O) groups is 1. The van der Waals surface area contributed by atoms with Gasteiger partial charge in [-0.05, 0) is 49.6 Å². The molecule has 156 valence electrons. The number of fused-ring (bicyclic) bond motifs is 1. The maximum absolute atomic E-state index is 13.0. The number of imidazole rings is 1. The van der Waals surface area contributed by atoms with Gasteiger partial charge in [-0.1, -0.05) is 0 Å². The lowest BCUT2D eigenvalue weighted by Crippen LogP contribution is -2.30. The number of ketones is 1. The monoisotopic (exact) mass is 412 g/mol. The van der Waals surface area contributed by atoms with Crippen LogP contribution >= 0.6 is 0 Å². The molecular weight excluding hydrogens is 388 g/mol. The van der Waals surface area contributed by atoms with E-state index in [1.807, 2.05) is 35.9 Å². The van der Waals surface area contributed by atoms with Gasteiger partial charge in [0.2, 0.25) is 0 Å². The number of rotatable bonds is 5. The fraction of sp³-hybridized carbons (Fsp3) is 0.292. The van der Waals surface area contributed by atoms with E-state index in [9.17, 15) is 4.79 Å². The molecule has 0 amide bonds. The predicted molar refractivity (Wildman–Crippen MR) is 120 cm³/mol. The molecule has 1 fully saturated rings. The maximum Gasteiger partial charge on any atom is 0.169 e. The van der Waals surface area contributed by atoms with Crippen LogP contribution in [0.15, 0.2) is 55.2 Å². The van der Waals surface area contributed by atoms with Crippen molar-refractivity contribution in [2.45, 2.75) is 25.7 Å². The van der Waals surface area contributed by atoms with Crippen LogP contribution < -0.4 is 4.90 Å². The summed E-state index contributed by atoms with van der Waals surface area (Å²) in [6.07, 6.45) is 10.9. The van der Waals surface area contributed by atoms with E-state index < -0.39 is 0 Å². The molecule has 1 saturated heterocycles. The Kier molecular flexibility index (Phi) is 5.16. The van der Waals surface area contributed by atoms with Crippen molar-refractivity contribution >= 4 is 22.5 Å². The van der Waals surface area contributed by atoms with Crippen molar-refractivity contribution in [1.29, 1.82) is 0 Å². The van der Waals surface area contributed by atoms with Crippen LogP contribution in [-0.4, -0.2) is 43.4 Å². The lowest BCUT2D eigenvalue weighted by molar-refractivity contribution is 0.0992. The van der Waals surface area contributed by atoms with E-state index in [1.165, 1.54) is 19.3 Å². The average Bonchev–Trinajstić information content (AvgIpc) is 3.25. The van der Waals surface area contributed by atoms with E-state index in [4.69, 9.17) is 4.98 Å². The van der Waals surface area contributed by atoms with Gasteiger partial charge in [0.25, 0.3) is 0 Å². The molecule has 0 radical (unpaired) electrons. The molecule has 1 aliphatic heterocycles. The Hall–Kier alpha value is -3.61. The summed E-state index contributed by atoms with van der Waals surface area (Å²) in [5, 5.41) is 0.943. The Bertz CT molecular complexity index is 1240. The molecule has 4 aromatic heterocycles. The topological polar surface area (TPSA) is 76.8 Å². The second-order valence-electron chi connectivity index (χ2n) is 8.00. The van der Waals surface area contributed by atoms with Crippen LogP contribution in [0.3, 0.4) is 0 Å². The molecule has 0 atom stereocenters. The summed E-state index contributed by atoms with van der Waals surface area (Å²) in [7, 11) is 1.94. The van der Waals surface area contributed by atoms with Crippen molar-refractivity contribution in [1.82, 2.24) is 24.5 Å². The second kappa shape index (κ2) is 8.26. The van der Waals surface area contributed by atoms with E-state index in [-0.39, 0.29) is 12.2 Å². The van der Waals surface area contributed by atoms with Crippen molar-refractivity contribution in [3.05, 3.63) is 66.5 Å². The molecule has 0 unspecified atom stereocenters. The molecule has 7 nitrogen and oxygen atoms in total. The van der Waals surface area contributed by atoms with Crippen LogP contribution in [0.5, 0.6) is 0 Å². The molecule has 7 heteroatoms. The number of nitrogens with zero attached hydrogens (tertiary/aromatic N) is 6. The Morgan fingerprint density at radius 3 is 2.71 bits per heavy atom. The number of Topliss-reactive ketones (excluding diaryl/α,β-unsaturated/α-hetero) is 1. The molecule has 0 bridgehead atoms. The minimum atomic E-state index is 0.0373. The van der Waals surface area contributed by atoms with Gasteiger partial charge in [-0.15, -0.1) is 0 Å². The molecule has 0 saturated carbocycles. The number of aryl methyl sites for hydroxylation is 1. The van der Waals surface area contributed by atoms with Gasteiger partial charge in [0.15, 0.2) is 5.78 Å². The first kappa shape index (κ1) is 19.4. The number of anilines is 1. The van der Waals surface area contributed by atoms with E-state index in [0.717, 1.165) is 41.2 Å². The van der Waals surface area contributed by atoms with Crippen molar-refractivity contribution in [2.24, 2.45) is 7.05 Å². The third-order valence-electron chi connectivity index (χ3n) is 5.80. The summed E-state index contributed by atoms with van der Waals surface area (Å²) in [5.41, 5.74) is 3.99. The average molecular weight is 412 g/mol. The van der Waals surface area contributed by atoms with Crippen LogP contribution in [0.4, 0.5) is 5.82 Å². The molecule has 0 aromatic carbocycles. The fourth-order valence-corrected chi connectivity index (χ4v) is 4.06. The van der Waals surface area contributed by atoms with Crippen LogP contribution in [0.25, 0.3) is 22.3 Å². The standard InChI is InChI=1S/C24H24N6O/c1-29-16-25-15-22(29)20-6-5-18-14-27-19(12-21(18)28-20)13-23(31)17-7-8-26-24(11-17)30-9-3-2-4-10-30/h5-8,11-12,14-16H,2-4,9-10,13H2,1H3. The lowest BCUT2D eigenvalue weighted by atomic mass is 10.1. The largest absolute Gasteiger partial charge is 0.357 e. The lowest BCUT2D eigenvalue weighted by Gasteiger charge is -2.27. The van der Waals surface area contributed by atoms with Gasteiger partial charge in [-0.25, -0.2) is 15.0 Å². The first-order chi connectivity index (χ1) is 15.2. The van der Waals surface area contributed by atoms with Gasteiger partial charge in [0.05, 0.1) is 41.5 Å². The summed E-state index contributed by atoms with van der Waals surface area (Å²) in [5.74, 6) is 0.926.